The van der Waals surface area contributed by atoms with Gasteiger partial charge in [-0.1, -0.05) is 266 Å². The summed E-state index contributed by atoms with van der Waals surface area (Å²) in [5.74, 6) is 3.22. The number of phenolic OH excluding ortho intramolecular Hbond substituents is 1. The van der Waals surface area contributed by atoms with Crippen LogP contribution in [0.5, 0.6) is 11.5 Å². The summed E-state index contributed by atoms with van der Waals surface area (Å²) in [5, 5.41) is 23.1. The largest absolute Gasteiger partial charge is 1.00 e. The fourth-order valence-electron chi connectivity index (χ4n) is 8.04. The van der Waals surface area contributed by atoms with Crippen LogP contribution in [0.1, 0.15) is 126 Å². The molecule has 0 fully saturated rings. The van der Waals surface area contributed by atoms with E-state index in [-0.39, 0.29) is 36.2 Å². The van der Waals surface area contributed by atoms with Gasteiger partial charge in [-0.15, -0.1) is 30.4 Å². The number of terminal acetylenes is 1. The van der Waals surface area contributed by atoms with Crippen molar-refractivity contribution in [3.8, 4) is 46.1 Å². The van der Waals surface area contributed by atoms with Crippen molar-refractivity contribution in [3.63, 3.8) is 0 Å². The van der Waals surface area contributed by atoms with Gasteiger partial charge in [0.1, 0.15) is 27.2 Å². The first-order valence-electron chi connectivity index (χ1n) is 22.2. The van der Waals surface area contributed by atoms with Gasteiger partial charge in [0, 0.05) is 27.2 Å². The number of rotatable bonds is 0. The molecule has 2 aliphatic carbocycles. The van der Waals surface area contributed by atoms with Gasteiger partial charge >= 0.3 is 1.43 Å². The van der Waals surface area contributed by atoms with E-state index in [2.05, 4.69) is 187 Å². The number of fused-ring (bicyclic) bond motifs is 13. The molecule has 9 heteroatoms. The van der Waals surface area contributed by atoms with Crippen LogP contribution < -0.4 is 4.74 Å². The van der Waals surface area contributed by atoms with E-state index in [0.717, 1.165) is 27.5 Å². The lowest BCUT2D eigenvalue weighted by molar-refractivity contribution is 0.210. The number of benzene rings is 6. The molecule has 4 radical (unpaired) electrons. The first kappa shape index (κ1) is 62.7. The van der Waals surface area contributed by atoms with Gasteiger partial charge < -0.3 is 14.9 Å². The van der Waals surface area contributed by atoms with E-state index < -0.39 is 11.0 Å². The SMILES string of the molecule is CC.CC.CC.CC.CC1(C)c2ccccc2-c2c1cc(O)c1ccccc21.CI.I.ICI.[B]C(C)(O)C#C.[B]C1(C)C=Cc2c3c(c4ccccc4c2O1)-c1ccccc1C3(C)C.[H+]. The molecular formula is C56H71B2I4O3+. The van der Waals surface area contributed by atoms with Gasteiger partial charge in [0.2, 0.25) is 0 Å². The quantitative estimate of drug-likeness (QED) is 0.0690. The third kappa shape index (κ3) is 14.4. The molecule has 346 valence electrons. The number of hydrogen-bond donors (Lipinski definition) is 2. The molecule has 0 aromatic heterocycles. The van der Waals surface area contributed by atoms with Crippen molar-refractivity contribution in [2.24, 2.45) is 0 Å². The summed E-state index contributed by atoms with van der Waals surface area (Å²) >= 11 is 6.70. The predicted molar refractivity (Wildman–Crippen MR) is 328 cm³/mol. The highest BCUT2D eigenvalue weighted by Gasteiger charge is 2.41. The minimum atomic E-state index is -1.43. The maximum absolute atomic E-state index is 10.3. The summed E-state index contributed by atoms with van der Waals surface area (Å²) in [7, 11) is 11.1. The van der Waals surface area contributed by atoms with Gasteiger partial charge in [0.05, 0.1) is 13.4 Å². The third-order valence-electron chi connectivity index (χ3n) is 10.5. The van der Waals surface area contributed by atoms with Crippen molar-refractivity contribution in [3.05, 3.63) is 137 Å². The monoisotopic (exact) mass is 1320 g/mol. The molecule has 6 aromatic rings. The molecule has 2 atom stereocenters. The number of aliphatic hydroxyl groups is 1. The fraction of sp³-hybridized carbons (Fsp3) is 0.357. The topological polar surface area (TPSA) is 49.7 Å². The first-order chi connectivity index (χ1) is 30.5. The van der Waals surface area contributed by atoms with Crippen LogP contribution in [0.15, 0.2) is 109 Å². The van der Waals surface area contributed by atoms with Crippen molar-refractivity contribution >= 4 is 135 Å². The molecular weight excluding hydrogens is 1250 g/mol. The molecule has 0 saturated heterocycles. The van der Waals surface area contributed by atoms with Gasteiger partial charge in [-0.3, -0.25) is 0 Å². The van der Waals surface area contributed by atoms with Crippen LogP contribution in [-0.4, -0.2) is 44.3 Å². The Morgan fingerprint density at radius 2 is 1.03 bits per heavy atom. The molecule has 0 saturated carbocycles. The van der Waals surface area contributed by atoms with E-state index >= 15 is 0 Å². The number of hydrogen-bond acceptors (Lipinski definition) is 3. The fourth-order valence-corrected chi connectivity index (χ4v) is 8.04. The molecule has 6 aromatic carbocycles. The molecule has 9 rings (SSSR count). The summed E-state index contributed by atoms with van der Waals surface area (Å²) in [4.78, 5) is 1.97. The zero-order chi connectivity index (χ0) is 49.2. The number of aromatic hydroxyl groups is 1. The van der Waals surface area contributed by atoms with Crippen LogP contribution in [0.3, 0.4) is 0 Å². The van der Waals surface area contributed by atoms with Crippen LogP contribution in [0.4, 0.5) is 0 Å². The van der Waals surface area contributed by atoms with E-state index in [1.807, 2.05) is 104 Å². The molecule has 2 unspecified atom stereocenters. The molecule has 2 N–H and O–H groups in total. The number of ether oxygens (including phenoxy) is 1. The predicted octanol–water partition coefficient (Wildman–Crippen LogP) is 17.5. The molecule has 1 heterocycles. The van der Waals surface area contributed by atoms with Crippen LogP contribution in [-0.2, 0) is 10.8 Å². The number of halogens is 4. The standard InChI is InChI=1S/C23H19BO.C19H16O.C4H5BO.4C2H6.CH2I2.CH3I.HI/c1-22(2)18-11-7-6-10-16(18)19-14-8-4-5-9-15(14)21-17(20(19)22)12-13-23(3,24)25-21;1-19(2)15-10-6-5-9-14(15)18-13-8-4-3-7-12(13)17(20)11-16(18)19;1-3-4(2,5)6;4*1-2;2-1-3;1-2;/h4-13H,1-3H3;3-11,20H,1-2H3;1,6H,2H3;4*1-2H3;1H2;1H3;1H/p+1. The first-order valence-corrected chi connectivity index (χ1v) is 27.4. The van der Waals surface area contributed by atoms with E-state index in [4.69, 9.17) is 25.5 Å². The normalized spacial score (nSPS) is 15.6. The molecule has 0 bridgehead atoms. The highest BCUT2D eigenvalue weighted by atomic mass is 127. The zero-order valence-corrected chi connectivity index (χ0v) is 50.1. The minimum absolute atomic E-state index is 0. The van der Waals surface area contributed by atoms with Gasteiger partial charge in [-0.2, -0.15) is 0 Å². The maximum Gasteiger partial charge on any atom is 1.00 e. The molecule has 65 heavy (non-hydrogen) atoms. The van der Waals surface area contributed by atoms with E-state index in [1.165, 1.54) is 59.3 Å². The Hall–Kier alpha value is -2.25. The van der Waals surface area contributed by atoms with Crippen molar-refractivity contribution in [1.82, 2.24) is 0 Å². The second kappa shape index (κ2) is 28.9. The summed E-state index contributed by atoms with van der Waals surface area (Å²) < 4.78 is 7.43. The van der Waals surface area contributed by atoms with Crippen molar-refractivity contribution in [2.75, 3.05) is 7.36 Å². The zero-order valence-electron chi connectivity index (χ0n) is 42.3. The average molecular weight is 1320 g/mol. The summed E-state index contributed by atoms with van der Waals surface area (Å²) in [5.41, 5.74) is 9.33. The summed E-state index contributed by atoms with van der Waals surface area (Å²) in [6.45, 7) is 28.3. The Morgan fingerprint density at radius 1 is 0.662 bits per heavy atom. The van der Waals surface area contributed by atoms with Gasteiger partial charge in [0.25, 0.3) is 0 Å². The van der Waals surface area contributed by atoms with Gasteiger partial charge in [-0.05, 0) is 80.1 Å². The van der Waals surface area contributed by atoms with Crippen LogP contribution in [0.2, 0.25) is 0 Å². The van der Waals surface area contributed by atoms with Crippen LogP contribution in [0, 0.1) is 12.3 Å². The molecule has 0 amide bonds. The van der Waals surface area contributed by atoms with Crippen molar-refractivity contribution < 1.29 is 16.4 Å². The molecule has 3 nitrogen and oxygen atoms in total. The van der Waals surface area contributed by atoms with Crippen LogP contribution >= 0.6 is 91.7 Å². The second-order valence-corrected chi connectivity index (χ2v) is 19.7. The lowest BCUT2D eigenvalue weighted by Gasteiger charge is -2.33. The smallest absolute Gasteiger partial charge is 0.507 e. The number of alkyl halides is 3. The van der Waals surface area contributed by atoms with Crippen molar-refractivity contribution in [1.29, 1.82) is 0 Å². The van der Waals surface area contributed by atoms with Crippen LogP contribution in [0.25, 0.3) is 49.9 Å². The second-order valence-electron chi connectivity index (χ2n) is 15.3. The van der Waals surface area contributed by atoms with Crippen molar-refractivity contribution in [2.45, 2.75) is 119 Å². The van der Waals surface area contributed by atoms with Gasteiger partial charge in [-0.25, -0.2) is 0 Å². The lowest BCUT2D eigenvalue weighted by Crippen LogP contribution is -2.33. The highest BCUT2D eigenvalue weighted by molar-refractivity contribution is 14.2. The minimum Gasteiger partial charge on any atom is -0.507 e. The molecule has 3 aliphatic rings. The lowest BCUT2D eigenvalue weighted by atomic mass is 9.76. The van der Waals surface area contributed by atoms with Gasteiger partial charge in [0.15, 0.2) is 0 Å². The molecule has 1 aliphatic heterocycles. The summed E-state index contributed by atoms with van der Waals surface area (Å²) in [6.07, 6.45) is 8.79. The Balaban J connectivity index is 0. The van der Waals surface area contributed by atoms with E-state index in [9.17, 15) is 5.11 Å². The maximum atomic E-state index is 10.3. The van der Waals surface area contributed by atoms with E-state index in [1.54, 1.807) is 0 Å². The molecule has 0 spiro atoms. The van der Waals surface area contributed by atoms with E-state index in [0.29, 0.717) is 5.75 Å². The average Bonchev–Trinajstić information content (AvgIpc) is 3.70. The Labute approximate surface area is 455 Å². The third-order valence-corrected chi connectivity index (χ3v) is 10.5. The summed E-state index contributed by atoms with van der Waals surface area (Å²) in [6, 6.07) is 35.8. The Bertz CT molecular complexity index is 2490. The number of phenols is 1. The highest BCUT2D eigenvalue weighted by Crippen LogP contribution is 2.57. The Kier molecular flexibility index (Phi) is 27.9. The Morgan fingerprint density at radius 3 is 1.49 bits per heavy atom.